The van der Waals surface area contributed by atoms with Crippen molar-refractivity contribution in [2.75, 3.05) is 12.4 Å². The standard InChI is InChI=1S/C12H14FN3O/c1-17-9-5-8(6-9)14-12-15-10-3-2-7(13)4-11(10)16-12/h2-4,8-9H,5-6H2,1H3,(H2,14,15,16). The van der Waals surface area contributed by atoms with E-state index in [2.05, 4.69) is 15.3 Å². The molecular weight excluding hydrogens is 221 g/mol. The minimum absolute atomic E-state index is 0.254. The van der Waals surface area contributed by atoms with E-state index in [0.29, 0.717) is 18.1 Å². The molecule has 0 saturated heterocycles. The van der Waals surface area contributed by atoms with Crippen molar-refractivity contribution in [1.29, 1.82) is 0 Å². The highest BCUT2D eigenvalue weighted by molar-refractivity contribution is 5.77. The molecule has 0 atom stereocenters. The first kappa shape index (κ1) is 10.5. The zero-order valence-corrected chi connectivity index (χ0v) is 9.53. The van der Waals surface area contributed by atoms with Crippen LogP contribution in [0.5, 0.6) is 0 Å². The molecule has 1 saturated carbocycles. The van der Waals surface area contributed by atoms with Gasteiger partial charge in [-0.3, -0.25) is 0 Å². The molecule has 1 aliphatic carbocycles. The number of benzene rings is 1. The Morgan fingerprint density at radius 3 is 3.06 bits per heavy atom. The second-order valence-corrected chi connectivity index (χ2v) is 4.42. The molecule has 0 amide bonds. The van der Waals surface area contributed by atoms with Crippen molar-refractivity contribution in [3.8, 4) is 0 Å². The van der Waals surface area contributed by atoms with E-state index in [4.69, 9.17) is 4.74 Å². The number of hydrogen-bond acceptors (Lipinski definition) is 3. The third-order valence-corrected chi connectivity index (χ3v) is 3.21. The van der Waals surface area contributed by atoms with Crippen LogP contribution in [0.2, 0.25) is 0 Å². The molecule has 0 spiro atoms. The number of imidazole rings is 1. The average Bonchev–Trinajstić information content (AvgIpc) is 2.64. The lowest BCUT2D eigenvalue weighted by Gasteiger charge is -2.34. The number of halogens is 1. The molecule has 5 heteroatoms. The lowest BCUT2D eigenvalue weighted by atomic mass is 9.89. The molecule has 17 heavy (non-hydrogen) atoms. The number of hydrogen-bond donors (Lipinski definition) is 2. The SMILES string of the molecule is COC1CC(Nc2nc3ccc(F)cc3[nH]2)C1. The molecule has 1 aliphatic rings. The summed E-state index contributed by atoms with van der Waals surface area (Å²) in [6, 6.07) is 4.93. The van der Waals surface area contributed by atoms with Gasteiger partial charge in [-0.2, -0.15) is 0 Å². The van der Waals surface area contributed by atoms with Crippen LogP contribution in [-0.2, 0) is 4.74 Å². The number of rotatable bonds is 3. The van der Waals surface area contributed by atoms with Crippen LogP contribution in [0.3, 0.4) is 0 Å². The lowest BCUT2D eigenvalue weighted by molar-refractivity contribution is 0.0327. The largest absolute Gasteiger partial charge is 0.381 e. The number of anilines is 1. The fraction of sp³-hybridized carbons (Fsp3) is 0.417. The summed E-state index contributed by atoms with van der Waals surface area (Å²) in [5, 5.41) is 3.28. The number of aromatic nitrogens is 2. The van der Waals surface area contributed by atoms with Crippen molar-refractivity contribution in [3.63, 3.8) is 0 Å². The molecule has 0 unspecified atom stereocenters. The maximum Gasteiger partial charge on any atom is 0.201 e. The van der Waals surface area contributed by atoms with Crippen LogP contribution in [0.1, 0.15) is 12.8 Å². The topological polar surface area (TPSA) is 49.9 Å². The smallest absolute Gasteiger partial charge is 0.201 e. The van der Waals surface area contributed by atoms with Gasteiger partial charge in [-0.05, 0) is 31.0 Å². The number of H-pyrrole nitrogens is 1. The molecule has 1 fully saturated rings. The highest BCUT2D eigenvalue weighted by atomic mass is 19.1. The molecule has 0 bridgehead atoms. The molecule has 0 aliphatic heterocycles. The molecule has 1 heterocycles. The van der Waals surface area contributed by atoms with Crippen LogP contribution in [-0.4, -0.2) is 29.2 Å². The summed E-state index contributed by atoms with van der Waals surface area (Å²) in [5.74, 6) is 0.445. The molecule has 4 nitrogen and oxygen atoms in total. The van der Waals surface area contributed by atoms with Gasteiger partial charge in [0.05, 0.1) is 17.1 Å². The van der Waals surface area contributed by atoms with Gasteiger partial charge in [0.15, 0.2) is 0 Å². The van der Waals surface area contributed by atoms with Gasteiger partial charge < -0.3 is 15.0 Å². The lowest BCUT2D eigenvalue weighted by Crippen LogP contribution is -2.40. The van der Waals surface area contributed by atoms with E-state index in [1.807, 2.05) is 0 Å². The van der Waals surface area contributed by atoms with Gasteiger partial charge in [0, 0.05) is 13.2 Å². The summed E-state index contributed by atoms with van der Waals surface area (Å²) in [4.78, 5) is 7.42. The second-order valence-electron chi connectivity index (χ2n) is 4.42. The summed E-state index contributed by atoms with van der Waals surface area (Å²) in [6.07, 6.45) is 2.33. The van der Waals surface area contributed by atoms with Gasteiger partial charge in [0.25, 0.3) is 0 Å². The number of aromatic amines is 1. The van der Waals surface area contributed by atoms with Crippen LogP contribution in [0.4, 0.5) is 10.3 Å². The number of fused-ring (bicyclic) bond motifs is 1. The van der Waals surface area contributed by atoms with Crippen molar-refractivity contribution in [3.05, 3.63) is 24.0 Å². The predicted octanol–water partition coefficient (Wildman–Crippen LogP) is 2.29. The fourth-order valence-corrected chi connectivity index (χ4v) is 2.12. The van der Waals surface area contributed by atoms with Gasteiger partial charge in [-0.15, -0.1) is 0 Å². The van der Waals surface area contributed by atoms with Gasteiger partial charge in [0.1, 0.15) is 5.82 Å². The van der Waals surface area contributed by atoms with E-state index in [0.717, 1.165) is 23.9 Å². The molecular formula is C12H14FN3O. The summed E-state index contributed by atoms with van der Waals surface area (Å²) in [7, 11) is 1.73. The first-order valence-corrected chi connectivity index (χ1v) is 5.69. The normalized spacial score (nSPS) is 23.6. The Balaban J connectivity index is 1.73. The zero-order chi connectivity index (χ0) is 11.8. The van der Waals surface area contributed by atoms with Crippen molar-refractivity contribution in [2.45, 2.75) is 25.0 Å². The maximum atomic E-state index is 13.0. The first-order chi connectivity index (χ1) is 8.24. The van der Waals surface area contributed by atoms with Crippen LogP contribution in [0.15, 0.2) is 18.2 Å². The van der Waals surface area contributed by atoms with Gasteiger partial charge in [0.2, 0.25) is 5.95 Å². The highest BCUT2D eigenvalue weighted by Crippen LogP contribution is 2.26. The average molecular weight is 235 g/mol. The van der Waals surface area contributed by atoms with Crippen LogP contribution < -0.4 is 5.32 Å². The zero-order valence-electron chi connectivity index (χ0n) is 9.53. The van der Waals surface area contributed by atoms with Crippen LogP contribution in [0, 0.1) is 5.82 Å². The highest BCUT2D eigenvalue weighted by Gasteiger charge is 2.29. The molecule has 1 aromatic carbocycles. The molecule has 90 valence electrons. The summed E-state index contributed by atoms with van der Waals surface area (Å²) in [5.41, 5.74) is 1.49. The van der Waals surface area contributed by atoms with Crippen molar-refractivity contribution >= 4 is 17.0 Å². The monoisotopic (exact) mass is 235 g/mol. The Morgan fingerprint density at radius 1 is 1.47 bits per heavy atom. The molecule has 2 N–H and O–H groups in total. The van der Waals surface area contributed by atoms with E-state index in [1.54, 1.807) is 13.2 Å². The third kappa shape index (κ3) is 1.98. The Kier molecular flexibility index (Phi) is 2.48. The number of nitrogens with zero attached hydrogens (tertiary/aromatic N) is 1. The summed E-state index contributed by atoms with van der Waals surface area (Å²) >= 11 is 0. The summed E-state index contributed by atoms with van der Waals surface area (Å²) in [6.45, 7) is 0. The number of methoxy groups -OCH3 is 1. The van der Waals surface area contributed by atoms with Gasteiger partial charge in [-0.25, -0.2) is 9.37 Å². The molecule has 3 rings (SSSR count). The van der Waals surface area contributed by atoms with Gasteiger partial charge >= 0.3 is 0 Å². The summed E-state index contributed by atoms with van der Waals surface area (Å²) < 4.78 is 18.2. The van der Waals surface area contributed by atoms with Crippen molar-refractivity contribution < 1.29 is 9.13 Å². The first-order valence-electron chi connectivity index (χ1n) is 5.69. The van der Waals surface area contributed by atoms with Gasteiger partial charge in [-0.1, -0.05) is 0 Å². The van der Waals surface area contributed by atoms with E-state index < -0.39 is 0 Å². The predicted molar refractivity (Wildman–Crippen MR) is 63.5 cm³/mol. The van der Waals surface area contributed by atoms with Crippen LogP contribution in [0.25, 0.3) is 11.0 Å². The quantitative estimate of drug-likeness (QED) is 0.858. The Morgan fingerprint density at radius 2 is 2.29 bits per heavy atom. The second kappa shape index (κ2) is 4.00. The van der Waals surface area contributed by atoms with E-state index >= 15 is 0 Å². The van der Waals surface area contributed by atoms with E-state index in [9.17, 15) is 4.39 Å². The van der Waals surface area contributed by atoms with E-state index in [1.165, 1.54) is 12.1 Å². The van der Waals surface area contributed by atoms with Crippen LogP contribution >= 0.6 is 0 Å². The molecule has 2 aromatic rings. The Labute approximate surface area is 98.2 Å². The number of ether oxygens (including phenoxy) is 1. The molecule has 0 radical (unpaired) electrons. The fourth-order valence-electron chi connectivity index (χ4n) is 2.12. The van der Waals surface area contributed by atoms with Crippen molar-refractivity contribution in [2.24, 2.45) is 0 Å². The maximum absolute atomic E-state index is 13.0. The minimum Gasteiger partial charge on any atom is -0.381 e. The molecule has 1 aromatic heterocycles. The van der Waals surface area contributed by atoms with Crippen molar-refractivity contribution in [1.82, 2.24) is 9.97 Å². The minimum atomic E-state index is -0.254. The van der Waals surface area contributed by atoms with E-state index in [-0.39, 0.29) is 5.82 Å². The number of nitrogens with one attached hydrogen (secondary N) is 2. The Bertz CT molecular complexity index is 534. The Hall–Kier alpha value is -1.62. The third-order valence-electron chi connectivity index (χ3n) is 3.21.